The van der Waals surface area contributed by atoms with Gasteiger partial charge < -0.3 is 11.1 Å². The Hall–Kier alpha value is -2.30. The van der Waals surface area contributed by atoms with Crippen LogP contribution in [0.5, 0.6) is 0 Å². The molecule has 0 fully saturated rings. The molecule has 2 aromatic rings. The van der Waals surface area contributed by atoms with E-state index < -0.39 is 0 Å². The van der Waals surface area contributed by atoms with E-state index in [2.05, 4.69) is 10.4 Å². The third-order valence-electron chi connectivity index (χ3n) is 2.87. The van der Waals surface area contributed by atoms with E-state index in [0.29, 0.717) is 23.6 Å². The minimum absolute atomic E-state index is 0.167. The maximum atomic E-state index is 12.2. The third kappa shape index (κ3) is 2.93. The highest BCUT2D eigenvalue weighted by Crippen LogP contribution is 2.14. The van der Waals surface area contributed by atoms with Gasteiger partial charge in [0, 0.05) is 17.9 Å². The monoisotopic (exact) mass is 258 g/mol. The third-order valence-corrected chi connectivity index (χ3v) is 2.87. The summed E-state index contributed by atoms with van der Waals surface area (Å²) in [5.74, 6) is -0.167. The topological polar surface area (TPSA) is 72.9 Å². The summed E-state index contributed by atoms with van der Waals surface area (Å²) in [5, 5.41) is 7.19. The predicted molar refractivity (Wildman–Crippen MR) is 76.1 cm³/mol. The molecule has 0 aliphatic heterocycles. The van der Waals surface area contributed by atoms with Crippen molar-refractivity contribution in [2.75, 3.05) is 11.1 Å². The summed E-state index contributed by atoms with van der Waals surface area (Å²) in [6.07, 6.45) is 0.811. The Morgan fingerprint density at radius 2 is 2.16 bits per heavy atom. The summed E-state index contributed by atoms with van der Waals surface area (Å²) in [6.45, 7) is 4.64. The van der Waals surface area contributed by atoms with Crippen LogP contribution in [0.15, 0.2) is 30.3 Å². The fourth-order valence-corrected chi connectivity index (χ4v) is 1.88. The number of rotatable bonds is 4. The van der Waals surface area contributed by atoms with Crippen LogP contribution in [0.1, 0.15) is 30.0 Å². The molecule has 0 spiro atoms. The predicted octanol–water partition coefficient (Wildman–Crippen LogP) is 2.30. The van der Waals surface area contributed by atoms with E-state index in [1.54, 1.807) is 22.9 Å². The van der Waals surface area contributed by atoms with E-state index in [4.69, 9.17) is 5.73 Å². The first-order valence-electron chi connectivity index (χ1n) is 6.37. The Bertz CT molecular complexity index is 589. The summed E-state index contributed by atoms with van der Waals surface area (Å²) >= 11 is 0. The van der Waals surface area contributed by atoms with Gasteiger partial charge in [-0.25, -0.2) is 0 Å². The molecule has 2 rings (SSSR count). The minimum Gasteiger partial charge on any atom is -0.399 e. The van der Waals surface area contributed by atoms with Gasteiger partial charge in [0.1, 0.15) is 5.69 Å². The highest BCUT2D eigenvalue weighted by atomic mass is 16.2. The highest BCUT2D eigenvalue weighted by Gasteiger charge is 2.14. The number of carbonyl (C=O) groups excluding carboxylic acids is 1. The first-order valence-corrected chi connectivity index (χ1v) is 6.37. The average Bonchev–Trinajstić information content (AvgIpc) is 2.82. The molecule has 1 amide bonds. The van der Waals surface area contributed by atoms with Gasteiger partial charge in [-0.3, -0.25) is 9.48 Å². The van der Waals surface area contributed by atoms with Crippen LogP contribution in [0, 0.1) is 0 Å². The zero-order valence-electron chi connectivity index (χ0n) is 11.2. The second-order valence-corrected chi connectivity index (χ2v) is 4.27. The van der Waals surface area contributed by atoms with Crippen LogP contribution < -0.4 is 11.1 Å². The van der Waals surface area contributed by atoms with E-state index >= 15 is 0 Å². The lowest BCUT2D eigenvalue weighted by molar-refractivity contribution is 0.101. The smallest absolute Gasteiger partial charge is 0.273 e. The lowest BCUT2D eigenvalue weighted by Gasteiger charge is -2.07. The zero-order valence-corrected chi connectivity index (χ0v) is 11.2. The second-order valence-electron chi connectivity index (χ2n) is 4.27. The van der Waals surface area contributed by atoms with Gasteiger partial charge in [-0.1, -0.05) is 13.0 Å². The number of nitrogens with zero attached hydrogens (tertiary/aromatic N) is 2. The van der Waals surface area contributed by atoms with Crippen molar-refractivity contribution in [3.05, 3.63) is 41.7 Å². The molecule has 1 heterocycles. The standard InChI is InChI=1S/C14H18N4O/c1-3-11-9-13(18(4-2)17-11)14(19)16-12-7-5-6-10(15)8-12/h5-9H,3-4,15H2,1-2H3,(H,16,19). The first-order chi connectivity index (χ1) is 9.13. The maximum absolute atomic E-state index is 12.2. The number of hydrogen-bond acceptors (Lipinski definition) is 3. The van der Waals surface area contributed by atoms with Gasteiger partial charge in [0.2, 0.25) is 0 Å². The van der Waals surface area contributed by atoms with Crippen molar-refractivity contribution >= 4 is 17.3 Å². The molecule has 0 bridgehead atoms. The van der Waals surface area contributed by atoms with Crippen LogP contribution in [-0.2, 0) is 13.0 Å². The largest absolute Gasteiger partial charge is 0.399 e. The molecule has 100 valence electrons. The van der Waals surface area contributed by atoms with Gasteiger partial charge in [0.05, 0.1) is 5.69 Å². The SMILES string of the molecule is CCc1cc(C(=O)Nc2cccc(N)c2)n(CC)n1. The zero-order chi connectivity index (χ0) is 13.8. The second kappa shape index (κ2) is 5.56. The summed E-state index contributed by atoms with van der Waals surface area (Å²) < 4.78 is 1.71. The number of nitrogen functional groups attached to an aromatic ring is 1. The average molecular weight is 258 g/mol. The fraction of sp³-hybridized carbons (Fsp3) is 0.286. The van der Waals surface area contributed by atoms with Gasteiger partial charge >= 0.3 is 0 Å². The highest BCUT2D eigenvalue weighted by molar-refractivity contribution is 6.03. The van der Waals surface area contributed by atoms with E-state index in [9.17, 15) is 4.79 Å². The fourth-order valence-electron chi connectivity index (χ4n) is 1.88. The van der Waals surface area contributed by atoms with Crippen molar-refractivity contribution in [3.8, 4) is 0 Å². The van der Waals surface area contributed by atoms with E-state index in [1.165, 1.54) is 0 Å². The number of aryl methyl sites for hydroxylation is 2. The first kappa shape index (κ1) is 13.1. The van der Waals surface area contributed by atoms with Crippen molar-refractivity contribution in [1.82, 2.24) is 9.78 Å². The van der Waals surface area contributed by atoms with Crippen LogP contribution in [0.4, 0.5) is 11.4 Å². The van der Waals surface area contributed by atoms with Crippen molar-refractivity contribution in [2.45, 2.75) is 26.8 Å². The van der Waals surface area contributed by atoms with Crippen molar-refractivity contribution in [3.63, 3.8) is 0 Å². The lowest BCUT2D eigenvalue weighted by atomic mass is 10.2. The molecule has 0 saturated carbocycles. The van der Waals surface area contributed by atoms with Gasteiger partial charge in [-0.2, -0.15) is 5.10 Å². The Morgan fingerprint density at radius 1 is 1.37 bits per heavy atom. The van der Waals surface area contributed by atoms with Gasteiger partial charge in [0.25, 0.3) is 5.91 Å². The van der Waals surface area contributed by atoms with E-state index in [1.807, 2.05) is 26.0 Å². The van der Waals surface area contributed by atoms with Crippen LogP contribution in [0.25, 0.3) is 0 Å². The number of aromatic nitrogens is 2. The Balaban J connectivity index is 2.22. The molecule has 0 aliphatic rings. The normalized spacial score (nSPS) is 10.4. The maximum Gasteiger partial charge on any atom is 0.273 e. The summed E-state index contributed by atoms with van der Waals surface area (Å²) in [6, 6.07) is 8.94. The number of benzene rings is 1. The number of anilines is 2. The number of nitrogens with one attached hydrogen (secondary N) is 1. The molecule has 1 aromatic carbocycles. The Kier molecular flexibility index (Phi) is 3.85. The molecule has 0 atom stereocenters. The van der Waals surface area contributed by atoms with Gasteiger partial charge in [-0.15, -0.1) is 0 Å². The molecule has 0 aliphatic carbocycles. The molecule has 3 N–H and O–H groups in total. The van der Waals surface area contributed by atoms with Crippen LogP contribution in [-0.4, -0.2) is 15.7 Å². The minimum atomic E-state index is -0.167. The van der Waals surface area contributed by atoms with Gasteiger partial charge in [0.15, 0.2) is 0 Å². The van der Waals surface area contributed by atoms with Gasteiger partial charge in [-0.05, 0) is 37.6 Å². The molecule has 0 saturated heterocycles. The van der Waals surface area contributed by atoms with Crippen molar-refractivity contribution in [2.24, 2.45) is 0 Å². The molecule has 5 nitrogen and oxygen atoms in total. The number of hydrogen-bond donors (Lipinski definition) is 2. The summed E-state index contributed by atoms with van der Waals surface area (Å²) in [5.41, 5.74) is 8.48. The number of nitrogens with two attached hydrogens (primary N) is 1. The summed E-state index contributed by atoms with van der Waals surface area (Å²) in [4.78, 5) is 12.2. The molecule has 5 heteroatoms. The van der Waals surface area contributed by atoms with Crippen LogP contribution in [0.3, 0.4) is 0 Å². The molecular formula is C14H18N4O. The summed E-state index contributed by atoms with van der Waals surface area (Å²) in [7, 11) is 0. The van der Waals surface area contributed by atoms with Crippen LogP contribution in [0.2, 0.25) is 0 Å². The molecule has 19 heavy (non-hydrogen) atoms. The molecular weight excluding hydrogens is 240 g/mol. The molecule has 0 radical (unpaired) electrons. The quantitative estimate of drug-likeness (QED) is 0.826. The Morgan fingerprint density at radius 3 is 2.79 bits per heavy atom. The van der Waals surface area contributed by atoms with Crippen molar-refractivity contribution in [1.29, 1.82) is 0 Å². The number of amides is 1. The molecule has 1 aromatic heterocycles. The van der Waals surface area contributed by atoms with E-state index in [-0.39, 0.29) is 5.91 Å². The number of carbonyl (C=O) groups is 1. The lowest BCUT2D eigenvalue weighted by Crippen LogP contribution is -2.17. The van der Waals surface area contributed by atoms with E-state index in [0.717, 1.165) is 12.1 Å². The Labute approximate surface area is 112 Å². The van der Waals surface area contributed by atoms with Crippen LogP contribution >= 0.6 is 0 Å². The van der Waals surface area contributed by atoms with Crippen molar-refractivity contribution < 1.29 is 4.79 Å². The molecule has 0 unspecified atom stereocenters.